The second-order valence-electron chi connectivity index (χ2n) is 5.13. The quantitative estimate of drug-likeness (QED) is 0.686. The van der Waals surface area contributed by atoms with Gasteiger partial charge in [0.05, 0.1) is 6.54 Å². The molecular weight excluding hydrogens is 188 g/mol. The molecule has 0 rings (SSSR count). The van der Waals surface area contributed by atoms with Gasteiger partial charge in [-0.25, -0.2) is 0 Å². The fourth-order valence-corrected chi connectivity index (χ4v) is 1.20. The molecule has 15 heavy (non-hydrogen) atoms. The number of nitrogens with zero attached hydrogens (tertiary/aromatic N) is 1. The zero-order valence-corrected chi connectivity index (χ0v) is 10.9. The Morgan fingerprint density at radius 3 is 2.33 bits per heavy atom. The monoisotopic (exact) mass is 214 g/mol. The summed E-state index contributed by atoms with van der Waals surface area (Å²) >= 11 is 0. The Balaban J connectivity index is 3.70. The number of rotatable bonds is 6. The van der Waals surface area contributed by atoms with Crippen molar-refractivity contribution in [3.8, 4) is 0 Å². The van der Waals surface area contributed by atoms with Crippen LogP contribution in [0.15, 0.2) is 0 Å². The van der Waals surface area contributed by atoms with Gasteiger partial charge in [-0.1, -0.05) is 19.8 Å². The maximum Gasteiger partial charge on any atom is 0.236 e. The van der Waals surface area contributed by atoms with Crippen molar-refractivity contribution >= 4 is 5.91 Å². The van der Waals surface area contributed by atoms with Crippen molar-refractivity contribution in [2.45, 2.75) is 52.5 Å². The van der Waals surface area contributed by atoms with E-state index in [9.17, 15) is 4.79 Å². The van der Waals surface area contributed by atoms with E-state index in [1.807, 2.05) is 11.9 Å². The Labute approximate surface area is 94.2 Å². The van der Waals surface area contributed by atoms with Crippen LogP contribution >= 0.6 is 0 Å². The Morgan fingerprint density at radius 2 is 1.87 bits per heavy atom. The summed E-state index contributed by atoms with van der Waals surface area (Å²) in [7, 11) is 1.88. The van der Waals surface area contributed by atoms with Crippen LogP contribution in [0.1, 0.15) is 47.0 Å². The van der Waals surface area contributed by atoms with Crippen molar-refractivity contribution in [3.05, 3.63) is 0 Å². The minimum Gasteiger partial charge on any atom is -0.345 e. The van der Waals surface area contributed by atoms with E-state index in [1.165, 1.54) is 12.8 Å². The zero-order valence-electron chi connectivity index (χ0n) is 10.9. The second kappa shape index (κ2) is 6.83. The van der Waals surface area contributed by atoms with Gasteiger partial charge in [-0.2, -0.15) is 0 Å². The van der Waals surface area contributed by atoms with Gasteiger partial charge in [-0.05, 0) is 27.2 Å². The molecule has 0 spiro atoms. The third kappa shape index (κ3) is 8.43. The molecule has 0 aromatic carbocycles. The van der Waals surface area contributed by atoms with E-state index in [0.717, 1.165) is 13.0 Å². The number of hydrogen-bond donors (Lipinski definition) is 1. The highest BCUT2D eigenvalue weighted by atomic mass is 16.2. The number of carbonyl (C=O) groups excluding carboxylic acids is 1. The van der Waals surface area contributed by atoms with Crippen molar-refractivity contribution in [1.82, 2.24) is 10.2 Å². The molecular formula is C12H26N2O. The molecule has 0 fully saturated rings. The molecule has 0 aliphatic rings. The number of likely N-dealkylation sites (N-methyl/N-ethyl adjacent to an activating group) is 1. The van der Waals surface area contributed by atoms with E-state index < -0.39 is 0 Å². The third-order valence-electron chi connectivity index (χ3n) is 2.29. The van der Waals surface area contributed by atoms with Crippen molar-refractivity contribution in [3.63, 3.8) is 0 Å². The molecule has 0 radical (unpaired) electrons. The van der Waals surface area contributed by atoms with E-state index in [1.54, 1.807) is 0 Å². The minimum atomic E-state index is 0.0138. The summed E-state index contributed by atoms with van der Waals surface area (Å²) in [5.41, 5.74) is 0.0138. The average molecular weight is 214 g/mol. The fourth-order valence-electron chi connectivity index (χ4n) is 1.20. The first kappa shape index (κ1) is 14.4. The summed E-state index contributed by atoms with van der Waals surface area (Å²) in [6.45, 7) is 9.68. The predicted molar refractivity (Wildman–Crippen MR) is 64.9 cm³/mol. The first-order valence-corrected chi connectivity index (χ1v) is 5.86. The Morgan fingerprint density at radius 1 is 1.27 bits per heavy atom. The number of amides is 1. The molecule has 1 amide bonds. The molecule has 90 valence electrons. The molecule has 0 aromatic heterocycles. The number of nitrogens with one attached hydrogen (secondary N) is 1. The molecule has 3 heteroatoms. The van der Waals surface area contributed by atoms with Crippen molar-refractivity contribution < 1.29 is 4.79 Å². The highest BCUT2D eigenvalue weighted by Gasteiger charge is 2.13. The molecule has 0 saturated heterocycles. The van der Waals surface area contributed by atoms with Gasteiger partial charge in [-0.3, -0.25) is 4.79 Å². The van der Waals surface area contributed by atoms with Crippen LogP contribution in [0.5, 0.6) is 0 Å². The molecule has 0 bridgehead atoms. The Kier molecular flexibility index (Phi) is 6.57. The van der Waals surface area contributed by atoms with E-state index in [4.69, 9.17) is 0 Å². The summed E-state index contributed by atoms with van der Waals surface area (Å²) in [4.78, 5) is 13.5. The lowest BCUT2D eigenvalue weighted by Gasteiger charge is -2.23. The van der Waals surface area contributed by atoms with Gasteiger partial charge in [0.25, 0.3) is 0 Å². The average Bonchev–Trinajstić information content (AvgIpc) is 2.13. The van der Waals surface area contributed by atoms with Gasteiger partial charge in [-0.15, -0.1) is 0 Å². The molecule has 1 N–H and O–H groups in total. The van der Waals surface area contributed by atoms with Crippen LogP contribution in [0.4, 0.5) is 0 Å². The van der Waals surface area contributed by atoms with E-state index in [-0.39, 0.29) is 11.4 Å². The van der Waals surface area contributed by atoms with Gasteiger partial charge in [0.1, 0.15) is 0 Å². The van der Waals surface area contributed by atoms with Gasteiger partial charge in [0.15, 0.2) is 0 Å². The number of hydrogen-bond acceptors (Lipinski definition) is 2. The lowest BCUT2D eigenvalue weighted by Crippen LogP contribution is -2.44. The van der Waals surface area contributed by atoms with Crippen LogP contribution in [-0.4, -0.2) is 36.5 Å². The number of carbonyl (C=O) groups is 1. The van der Waals surface area contributed by atoms with E-state index in [2.05, 4.69) is 33.0 Å². The van der Waals surface area contributed by atoms with Crippen LogP contribution in [0.3, 0.4) is 0 Å². The first-order chi connectivity index (χ1) is 6.87. The lowest BCUT2D eigenvalue weighted by molar-refractivity contribution is -0.129. The SMILES string of the molecule is CCCCCN(C)C(=O)CNC(C)(C)C. The largest absolute Gasteiger partial charge is 0.345 e. The van der Waals surface area contributed by atoms with Gasteiger partial charge in [0, 0.05) is 19.1 Å². The summed E-state index contributed by atoms with van der Waals surface area (Å²) < 4.78 is 0. The van der Waals surface area contributed by atoms with Crippen LogP contribution in [-0.2, 0) is 4.79 Å². The van der Waals surface area contributed by atoms with Crippen molar-refractivity contribution in [2.24, 2.45) is 0 Å². The molecule has 0 aromatic rings. The van der Waals surface area contributed by atoms with Crippen LogP contribution in [0.25, 0.3) is 0 Å². The summed E-state index contributed by atoms with van der Waals surface area (Å²) in [5.74, 6) is 0.182. The minimum absolute atomic E-state index is 0.0138. The van der Waals surface area contributed by atoms with Crippen LogP contribution in [0, 0.1) is 0 Å². The molecule has 0 unspecified atom stereocenters. The van der Waals surface area contributed by atoms with Crippen LogP contribution < -0.4 is 5.32 Å². The Hall–Kier alpha value is -0.570. The van der Waals surface area contributed by atoms with Crippen molar-refractivity contribution in [1.29, 1.82) is 0 Å². The smallest absolute Gasteiger partial charge is 0.236 e. The van der Waals surface area contributed by atoms with E-state index in [0.29, 0.717) is 6.54 Å². The molecule has 0 saturated carbocycles. The standard InChI is InChI=1S/C12H26N2O/c1-6-7-8-9-14(5)11(15)10-13-12(2,3)4/h13H,6-10H2,1-5H3. The fraction of sp³-hybridized carbons (Fsp3) is 0.917. The van der Waals surface area contributed by atoms with Gasteiger partial charge in [0.2, 0.25) is 5.91 Å². The lowest BCUT2D eigenvalue weighted by atomic mass is 10.1. The maximum absolute atomic E-state index is 11.6. The zero-order chi connectivity index (χ0) is 11.9. The topological polar surface area (TPSA) is 32.3 Å². The first-order valence-electron chi connectivity index (χ1n) is 5.86. The molecule has 3 nitrogen and oxygen atoms in total. The Bertz CT molecular complexity index is 185. The summed E-state index contributed by atoms with van der Waals surface area (Å²) in [6.07, 6.45) is 3.50. The maximum atomic E-state index is 11.6. The van der Waals surface area contributed by atoms with Gasteiger partial charge < -0.3 is 10.2 Å². The van der Waals surface area contributed by atoms with E-state index >= 15 is 0 Å². The van der Waals surface area contributed by atoms with Gasteiger partial charge >= 0.3 is 0 Å². The number of unbranched alkanes of at least 4 members (excludes halogenated alkanes) is 2. The second-order valence-corrected chi connectivity index (χ2v) is 5.13. The highest BCUT2D eigenvalue weighted by molar-refractivity contribution is 5.78. The van der Waals surface area contributed by atoms with Crippen LogP contribution in [0.2, 0.25) is 0 Å². The van der Waals surface area contributed by atoms with Crippen molar-refractivity contribution in [2.75, 3.05) is 20.1 Å². The summed E-state index contributed by atoms with van der Waals surface area (Å²) in [6, 6.07) is 0. The molecule has 0 aliphatic carbocycles. The normalized spacial score (nSPS) is 11.5. The molecule has 0 heterocycles. The highest BCUT2D eigenvalue weighted by Crippen LogP contribution is 1.99. The molecule has 0 atom stereocenters. The molecule has 0 aliphatic heterocycles. The summed E-state index contributed by atoms with van der Waals surface area (Å²) in [5, 5.41) is 3.20. The predicted octanol–water partition coefficient (Wildman–Crippen LogP) is 2.02. The third-order valence-corrected chi connectivity index (χ3v) is 2.29.